The van der Waals surface area contributed by atoms with Gasteiger partial charge in [0.25, 0.3) is 0 Å². The summed E-state index contributed by atoms with van der Waals surface area (Å²) >= 11 is 0. The second kappa shape index (κ2) is 7.54. The Morgan fingerprint density at radius 3 is 2.32 bits per heavy atom. The molecule has 0 radical (unpaired) electrons. The predicted octanol–water partition coefficient (Wildman–Crippen LogP) is 3.64. The zero-order valence-corrected chi connectivity index (χ0v) is 15.2. The first kappa shape index (κ1) is 17.9. The third-order valence-corrected chi connectivity index (χ3v) is 6.42. The maximum absolute atomic E-state index is 13.1. The van der Waals surface area contributed by atoms with E-state index in [1.54, 1.807) is 7.05 Å². The number of halogens is 1. The van der Waals surface area contributed by atoms with Crippen molar-refractivity contribution in [3.63, 3.8) is 0 Å². The van der Waals surface area contributed by atoms with E-state index in [2.05, 4.69) is 11.0 Å². The lowest BCUT2D eigenvalue weighted by atomic mass is 10.1. The summed E-state index contributed by atoms with van der Waals surface area (Å²) in [7, 11) is -2.09. The minimum absolute atomic E-state index is 0.104. The number of hydrogen-bond donors (Lipinski definition) is 0. The Hall–Kier alpha value is -1.92. The second-order valence-electron chi connectivity index (χ2n) is 6.39. The molecule has 0 spiro atoms. The van der Waals surface area contributed by atoms with Crippen molar-refractivity contribution < 1.29 is 12.8 Å². The first-order valence-corrected chi connectivity index (χ1v) is 9.97. The second-order valence-corrected chi connectivity index (χ2v) is 8.44. The number of piperidine rings is 1. The van der Waals surface area contributed by atoms with Crippen LogP contribution in [0.15, 0.2) is 53.4 Å². The Morgan fingerprint density at radius 1 is 1.00 bits per heavy atom. The van der Waals surface area contributed by atoms with Gasteiger partial charge in [-0.2, -0.15) is 4.31 Å². The number of benzene rings is 2. The molecule has 0 bridgehead atoms. The van der Waals surface area contributed by atoms with Crippen molar-refractivity contribution in [2.24, 2.45) is 0 Å². The minimum Gasteiger partial charge on any atom is -0.371 e. The van der Waals surface area contributed by atoms with Crippen molar-refractivity contribution >= 4 is 15.7 Å². The molecule has 25 heavy (non-hydrogen) atoms. The van der Waals surface area contributed by atoms with E-state index >= 15 is 0 Å². The molecule has 1 heterocycles. The highest BCUT2D eigenvalue weighted by Gasteiger charge is 2.23. The number of sulfonamides is 1. The zero-order chi connectivity index (χ0) is 17.9. The van der Waals surface area contributed by atoms with Crippen molar-refractivity contribution in [2.45, 2.75) is 30.7 Å². The molecule has 2 aromatic rings. The van der Waals surface area contributed by atoms with Gasteiger partial charge in [0.2, 0.25) is 10.0 Å². The number of nitrogens with zero attached hydrogens (tertiary/aromatic N) is 2. The molecule has 4 nitrogen and oxygen atoms in total. The molecule has 0 saturated carbocycles. The van der Waals surface area contributed by atoms with Crippen LogP contribution in [0.3, 0.4) is 0 Å². The van der Waals surface area contributed by atoms with Gasteiger partial charge in [0.1, 0.15) is 5.82 Å². The third kappa shape index (κ3) is 4.02. The molecule has 0 aromatic heterocycles. The molecule has 0 amide bonds. The Morgan fingerprint density at radius 2 is 1.64 bits per heavy atom. The summed E-state index contributed by atoms with van der Waals surface area (Å²) in [5, 5.41) is 0. The van der Waals surface area contributed by atoms with Gasteiger partial charge in [0, 0.05) is 32.4 Å². The lowest BCUT2D eigenvalue weighted by Gasteiger charge is -2.31. The molecule has 0 N–H and O–H groups in total. The van der Waals surface area contributed by atoms with Crippen molar-refractivity contribution in [1.82, 2.24) is 4.31 Å². The molecule has 1 aliphatic rings. The van der Waals surface area contributed by atoms with Crippen LogP contribution in [0.1, 0.15) is 24.8 Å². The Labute approximate surface area is 148 Å². The van der Waals surface area contributed by atoms with E-state index in [1.165, 1.54) is 35.0 Å². The standard InChI is InChI=1S/C19H23FN2O2S/c1-21(25(23,24)18-11-9-17(20)10-12-18)15-16-7-3-4-8-19(16)22-13-5-2-6-14-22/h3-4,7-12H,2,5-6,13-15H2,1H3. The van der Waals surface area contributed by atoms with Gasteiger partial charge >= 0.3 is 0 Å². The average Bonchev–Trinajstić information content (AvgIpc) is 2.63. The van der Waals surface area contributed by atoms with Gasteiger partial charge in [0.05, 0.1) is 4.90 Å². The summed E-state index contributed by atoms with van der Waals surface area (Å²) in [5.41, 5.74) is 2.08. The van der Waals surface area contributed by atoms with Crippen molar-refractivity contribution in [3.05, 3.63) is 59.9 Å². The molecule has 3 rings (SSSR count). The van der Waals surface area contributed by atoms with E-state index in [9.17, 15) is 12.8 Å². The van der Waals surface area contributed by atoms with Crippen LogP contribution >= 0.6 is 0 Å². The fourth-order valence-corrected chi connectivity index (χ4v) is 4.35. The minimum atomic E-state index is -3.65. The molecular weight excluding hydrogens is 339 g/mol. The van der Waals surface area contributed by atoms with Crippen LogP contribution in [0.2, 0.25) is 0 Å². The molecule has 6 heteroatoms. The van der Waals surface area contributed by atoms with Crippen LogP contribution in [0, 0.1) is 5.82 Å². The average molecular weight is 362 g/mol. The number of rotatable bonds is 5. The SMILES string of the molecule is CN(Cc1ccccc1N1CCCCC1)S(=O)(=O)c1ccc(F)cc1. The van der Waals surface area contributed by atoms with E-state index < -0.39 is 15.8 Å². The topological polar surface area (TPSA) is 40.6 Å². The summed E-state index contributed by atoms with van der Waals surface area (Å²) in [6.07, 6.45) is 3.58. The highest BCUT2D eigenvalue weighted by atomic mass is 32.2. The molecule has 1 fully saturated rings. The molecule has 2 aromatic carbocycles. The van der Waals surface area contributed by atoms with Crippen LogP contribution in [-0.4, -0.2) is 32.9 Å². The Bertz CT molecular complexity index is 816. The summed E-state index contributed by atoms with van der Waals surface area (Å²) in [5.74, 6) is -0.447. The highest BCUT2D eigenvalue weighted by Crippen LogP contribution is 2.26. The Balaban J connectivity index is 1.83. The Kier molecular flexibility index (Phi) is 5.39. The van der Waals surface area contributed by atoms with Crippen LogP contribution in [0.25, 0.3) is 0 Å². The molecule has 0 unspecified atom stereocenters. The fourth-order valence-electron chi connectivity index (χ4n) is 3.20. The number of hydrogen-bond acceptors (Lipinski definition) is 3. The van der Waals surface area contributed by atoms with Crippen LogP contribution in [0.5, 0.6) is 0 Å². The summed E-state index contributed by atoms with van der Waals surface area (Å²) in [4.78, 5) is 2.43. The zero-order valence-electron chi connectivity index (χ0n) is 14.4. The fraction of sp³-hybridized carbons (Fsp3) is 0.368. The molecule has 134 valence electrons. The largest absolute Gasteiger partial charge is 0.371 e. The van der Waals surface area contributed by atoms with Crippen LogP contribution < -0.4 is 4.90 Å². The predicted molar refractivity (Wildman–Crippen MR) is 97.6 cm³/mol. The first-order valence-electron chi connectivity index (χ1n) is 8.53. The van der Waals surface area contributed by atoms with E-state index in [1.807, 2.05) is 18.2 Å². The van der Waals surface area contributed by atoms with E-state index in [-0.39, 0.29) is 11.4 Å². The van der Waals surface area contributed by atoms with Gasteiger partial charge in [-0.3, -0.25) is 0 Å². The van der Waals surface area contributed by atoms with Gasteiger partial charge in [-0.1, -0.05) is 18.2 Å². The van der Waals surface area contributed by atoms with Gasteiger partial charge < -0.3 is 4.90 Å². The number of anilines is 1. The van der Waals surface area contributed by atoms with Gasteiger partial charge in [0.15, 0.2) is 0 Å². The highest BCUT2D eigenvalue weighted by molar-refractivity contribution is 7.89. The lowest BCUT2D eigenvalue weighted by molar-refractivity contribution is 0.465. The summed E-state index contributed by atoms with van der Waals surface area (Å²) in [6.45, 7) is 2.29. The molecule has 1 aliphatic heterocycles. The van der Waals surface area contributed by atoms with E-state index in [0.717, 1.165) is 37.2 Å². The lowest BCUT2D eigenvalue weighted by Crippen LogP contribution is -2.32. The van der Waals surface area contributed by atoms with Crippen LogP contribution in [-0.2, 0) is 16.6 Å². The van der Waals surface area contributed by atoms with Gasteiger partial charge in [-0.05, 0) is 55.2 Å². The van der Waals surface area contributed by atoms with Crippen LogP contribution in [0.4, 0.5) is 10.1 Å². The van der Waals surface area contributed by atoms with Gasteiger partial charge in [-0.15, -0.1) is 0 Å². The molecule has 1 saturated heterocycles. The monoisotopic (exact) mass is 362 g/mol. The molecule has 0 aliphatic carbocycles. The van der Waals surface area contributed by atoms with Crippen molar-refractivity contribution in [3.8, 4) is 0 Å². The third-order valence-electron chi connectivity index (χ3n) is 4.60. The first-order chi connectivity index (χ1) is 12.0. The maximum Gasteiger partial charge on any atom is 0.243 e. The van der Waals surface area contributed by atoms with E-state index in [0.29, 0.717) is 0 Å². The summed E-state index contributed by atoms with van der Waals surface area (Å²) in [6, 6.07) is 12.9. The van der Waals surface area contributed by atoms with Crippen molar-refractivity contribution in [1.29, 1.82) is 0 Å². The normalized spacial score (nSPS) is 15.6. The maximum atomic E-state index is 13.1. The summed E-state index contributed by atoms with van der Waals surface area (Å²) < 4.78 is 39.8. The quantitative estimate of drug-likeness (QED) is 0.815. The smallest absolute Gasteiger partial charge is 0.243 e. The molecule has 0 atom stereocenters. The van der Waals surface area contributed by atoms with Gasteiger partial charge in [-0.25, -0.2) is 12.8 Å². The van der Waals surface area contributed by atoms with Crippen molar-refractivity contribution in [2.75, 3.05) is 25.0 Å². The molecular formula is C19H23FN2O2S. The van der Waals surface area contributed by atoms with E-state index in [4.69, 9.17) is 0 Å². The number of para-hydroxylation sites is 1.